The molecular weight excluding hydrogens is 266 g/mol. The fourth-order valence-electron chi connectivity index (χ4n) is 1.33. The summed E-state index contributed by atoms with van der Waals surface area (Å²) >= 11 is 1.17. The lowest BCUT2D eigenvalue weighted by molar-refractivity contribution is -0.118. The Balaban J connectivity index is 2.77. The molecule has 0 unspecified atom stereocenters. The first kappa shape index (κ1) is 15.2. The highest BCUT2D eigenvalue weighted by atomic mass is 32.1. The molecule has 0 spiro atoms. The predicted molar refractivity (Wildman–Crippen MR) is 76.0 cm³/mol. The molecule has 0 bridgehead atoms. The molecule has 2 amide bonds. The summed E-state index contributed by atoms with van der Waals surface area (Å²) in [5.74, 6) is -0.303. The summed E-state index contributed by atoms with van der Waals surface area (Å²) < 4.78 is 0. The summed E-state index contributed by atoms with van der Waals surface area (Å²) in [5.41, 5.74) is 10.8. The minimum atomic E-state index is -0.572. The van der Waals surface area contributed by atoms with Gasteiger partial charge >= 0.3 is 0 Å². The molecule has 0 aliphatic carbocycles. The van der Waals surface area contributed by atoms with Gasteiger partial charge in [0.1, 0.15) is 10.7 Å². The van der Waals surface area contributed by atoms with Crippen molar-refractivity contribution in [1.29, 1.82) is 0 Å². The van der Waals surface area contributed by atoms with Crippen LogP contribution in [0.1, 0.15) is 23.5 Å². The molecule has 5 N–H and O–H groups in total. The smallest absolute Gasteiger partial charge is 0.268 e. The molecule has 0 saturated heterocycles. The van der Waals surface area contributed by atoms with Crippen LogP contribution in [0.2, 0.25) is 0 Å². The lowest BCUT2D eigenvalue weighted by atomic mass is 10.2. The maximum absolute atomic E-state index is 12.0. The van der Waals surface area contributed by atoms with Crippen LogP contribution in [0, 0.1) is 5.92 Å². The molecule has 0 aliphatic rings. The fourth-order valence-corrected chi connectivity index (χ4v) is 2.22. The highest BCUT2D eigenvalue weighted by molar-refractivity contribution is 7.18. The Labute approximate surface area is 116 Å². The van der Waals surface area contributed by atoms with E-state index in [0.29, 0.717) is 15.9 Å². The number of carbonyl (C=O) groups excluding carboxylic acids is 2. The third-order valence-electron chi connectivity index (χ3n) is 2.25. The van der Waals surface area contributed by atoms with Gasteiger partial charge in [0.05, 0.1) is 6.54 Å². The standard InChI is InChI=1S/C11H19N5O2S/c1-6(2)4-14-11-15-9(13)8(19-11)10(18)16(3)5-7(12)17/h6H,4-5,13H2,1-3H3,(H2,12,17)(H,14,15). The predicted octanol–water partition coefficient (Wildman–Crippen LogP) is 0.351. The quantitative estimate of drug-likeness (QED) is 0.697. The summed E-state index contributed by atoms with van der Waals surface area (Å²) in [4.78, 5) is 28.4. The van der Waals surface area contributed by atoms with E-state index in [4.69, 9.17) is 11.5 Å². The number of amides is 2. The Morgan fingerprint density at radius 1 is 1.47 bits per heavy atom. The second-order valence-electron chi connectivity index (χ2n) is 4.64. The molecule has 106 valence electrons. The van der Waals surface area contributed by atoms with E-state index in [0.717, 1.165) is 6.54 Å². The first-order valence-electron chi connectivity index (χ1n) is 5.85. The number of nitrogen functional groups attached to an aromatic ring is 1. The number of likely N-dealkylation sites (N-methyl/N-ethyl adjacent to an activating group) is 1. The number of hydrogen-bond acceptors (Lipinski definition) is 6. The van der Waals surface area contributed by atoms with E-state index in [1.807, 2.05) is 0 Å². The largest absolute Gasteiger partial charge is 0.382 e. The molecule has 1 rings (SSSR count). The molecule has 0 atom stereocenters. The lowest BCUT2D eigenvalue weighted by Crippen LogP contribution is -2.35. The summed E-state index contributed by atoms with van der Waals surface area (Å²) in [6.07, 6.45) is 0. The van der Waals surface area contributed by atoms with E-state index >= 15 is 0 Å². The van der Waals surface area contributed by atoms with Crippen LogP contribution < -0.4 is 16.8 Å². The number of anilines is 2. The molecule has 1 aromatic rings. The van der Waals surface area contributed by atoms with Gasteiger partial charge in [-0.15, -0.1) is 0 Å². The van der Waals surface area contributed by atoms with Gasteiger partial charge in [-0.05, 0) is 5.92 Å². The van der Waals surface area contributed by atoms with Gasteiger partial charge in [-0.2, -0.15) is 0 Å². The first-order valence-corrected chi connectivity index (χ1v) is 6.66. The van der Waals surface area contributed by atoms with Crippen molar-refractivity contribution in [1.82, 2.24) is 9.88 Å². The Morgan fingerprint density at radius 2 is 2.11 bits per heavy atom. The number of nitrogens with two attached hydrogens (primary N) is 2. The minimum Gasteiger partial charge on any atom is -0.382 e. The van der Waals surface area contributed by atoms with E-state index in [1.165, 1.54) is 23.3 Å². The molecule has 0 saturated carbocycles. The van der Waals surface area contributed by atoms with Crippen LogP contribution in [0.15, 0.2) is 0 Å². The number of nitrogens with zero attached hydrogens (tertiary/aromatic N) is 2. The van der Waals surface area contributed by atoms with E-state index in [2.05, 4.69) is 24.1 Å². The average molecular weight is 285 g/mol. The van der Waals surface area contributed by atoms with Crippen LogP contribution in [-0.2, 0) is 4.79 Å². The Hall–Kier alpha value is -1.83. The maximum Gasteiger partial charge on any atom is 0.268 e. The average Bonchev–Trinajstić information content (AvgIpc) is 2.66. The molecule has 0 fully saturated rings. The van der Waals surface area contributed by atoms with Crippen molar-refractivity contribution in [2.75, 3.05) is 31.2 Å². The number of primary amides is 1. The van der Waals surface area contributed by atoms with Gasteiger partial charge in [-0.3, -0.25) is 9.59 Å². The van der Waals surface area contributed by atoms with Gasteiger partial charge < -0.3 is 21.7 Å². The molecule has 1 aromatic heterocycles. The van der Waals surface area contributed by atoms with Crippen LogP contribution >= 0.6 is 11.3 Å². The van der Waals surface area contributed by atoms with Crippen molar-refractivity contribution in [2.24, 2.45) is 11.7 Å². The number of hydrogen-bond donors (Lipinski definition) is 3. The summed E-state index contributed by atoms with van der Waals surface area (Å²) in [7, 11) is 1.49. The summed E-state index contributed by atoms with van der Waals surface area (Å²) in [6, 6.07) is 0. The topological polar surface area (TPSA) is 114 Å². The van der Waals surface area contributed by atoms with Crippen LogP contribution in [0.4, 0.5) is 10.9 Å². The number of carbonyl (C=O) groups is 2. The van der Waals surface area contributed by atoms with E-state index in [9.17, 15) is 9.59 Å². The van der Waals surface area contributed by atoms with Crippen molar-refractivity contribution in [3.63, 3.8) is 0 Å². The zero-order valence-corrected chi connectivity index (χ0v) is 12.1. The number of rotatable bonds is 6. The van der Waals surface area contributed by atoms with Crippen LogP contribution in [-0.4, -0.2) is 41.8 Å². The normalized spacial score (nSPS) is 10.5. The van der Waals surface area contributed by atoms with Gasteiger partial charge in [-0.1, -0.05) is 25.2 Å². The zero-order valence-electron chi connectivity index (χ0n) is 11.3. The van der Waals surface area contributed by atoms with Crippen LogP contribution in [0.25, 0.3) is 0 Å². The summed E-state index contributed by atoms with van der Waals surface area (Å²) in [6.45, 7) is 4.73. The second kappa shape index (κ2) is 6.37. The van der Waals surface area contributed by atoms with Crippen molar-refractivity contribution in [3.05, 3.63) is 4.88 Å². The number of aromatic nitrogens is 1. The number of thiazole rings is 1. The van der Waals surface area contributed by atoms with E-state index in [1.54, 1.807) is 0 Å². The van der Waals surface area contributed by atoms with Crippen molar-refractivity contribution >= 4 is 34.1 Å². The first-order chi connectivity index (χ1) is 8.81. The fraction of sp³-hybridized carbons (Fsp3) is 0.545. The van der Waals surface area contributed by atoms with Gasteiger partial charge in [0, 0.05) is 13.6 Å². The molecule has 0 radical (unpaired) electrons. The van der Waals surface area contributed by atoms with Gasteiger partial charge in [0.15, 0.2) is 5.13 Å². The van der Waals surface area contributed by atoms with Crippen LogP contribution in [0.5, 0.6) is 0 Å². The molecule has 0 aliphatic heterocycles. The molecule has 7 nitrogen and oxygen atoms in total. The molecule has 1 heterocycles. The van der Waals surface area contributed by atoms with E-state index < -0.39 is 5.91 Å². The second-order valence-corrected chi connectivity index (χ2v) is 5.63. The third kappa shape index (κ3) is 4.40. The minimum absolute atomic E-state index is 0.148. The summed E-state index contributed by atoms with van der Waals surface area (Å²) in [5, 5.41) is 3.70. The molecular formula is C11H19N5O2S. The zero-order chi connectivity index (χ0) is 14.6. The van der Waals surface area contributed by atoms with Crippen molar-refractivity contribution in [3.8, 4) is 0 Å². The van der Waals surface area contributed by atoms with Gasteiger partial charge in [-0.25, -0.2) is 4.98 Å². The van der Waals surface area contributed by atoms with Gasteiger partial charge in [0.25, 0.3) is 5.91 Å². The SMILES string of the molecule is CC(C)CNc1nc(N)c(C(=O)N(C)CC(N)=O)s1. The Bertz CT molecular complexity index is 472. The van der Waals surface area contributed by atoms with Gasteiger partial charge in [0.2, 0.25) is 5.91 Å². The van der Waals surface area contributed by atoms with Crippen molar-refractivity contribution < 1.29 is 9.59 Å². The lowest BCUT2D eigenvalue weighted by Gasteiger charge is -2.13. The molecule has 19 heavy (non-hydrogen) atoms. The monoisotopic (exact) mass is 285 g/mol. The molecule has 0 aromatic carbocycles. The highest BCUT2D eigenvalue weighted by Gasteiger charge is 2.20. The number of nitrogens with one attached hydrogen (secondary N) is 1. The van der Waals surface area contributed by atoms with E-state index in [-0.39, 0.29) is 18.3 Å². The molecule has 8 heteroatoms. The highest BCUT2D eigenvalue weighted by Crippen LogP contribution is 2.26. The maximum atomic E-state index is 12.0. The Morgan fingerprint density at radius 3 is 2.63 bits per heavy atom. The van der Waals surface area contributed by atoms with Crippen LogP contribution in [0.3, 0.4) is 0 Å². The van der Waals surface area contributed by atoms with Crippen molar-refractivity contribution in [2.45, 2.75) is 13.8 Å². The third-order valence-corrected chi connectivity index (χ3v) is 3.27. The Kier molecular flexibility index (Phi) is 5.11.